The number of esters is 1. The summed E-state index contributed by atoms with van der Waals surface area (Å²) < 4.78 is 9.94. The van der Waals surface area contributed by atoms with Crippen LogP contribution >= 0.6 is 0 Å². The first-order chi connectivity index (χ1) is 9.74. The van der Waals surface area contributed by atoms with E-state index in [9.17, 15) is 4.79 Å². The number of rotatable bonds is 8. The van der Waals surface area contributed by atoms with Gasteiger partial charge in [-0.05, 0) is 16.7 Å². The molecule has 20 heavy (non-hydrogen) atoms. The van der Waals surface area contributed by atoms with E-state index in [4.69, 9.17) is 15.0 Å². The van der Waals surface area contributed by atoms with Crippen molar-refractivity contribution in [2.45, 2.75) is 12.6 Å². The zero-order valence-electron chi connectivity index (χ0n) is 11.6. The minimum atomic E-state index is -0.611. The van der Waals surface area contributed by atoms with Gasteiger partial charge in [-0.1, -0.05) is 29.4 Å². The van der Waals surface area contributed by atoms with E-state index in [0.29, 0.717) is 13.2 Å². The predicted octanol–water partition coefficient (Wildman–Crippen LogP) is 1.95. The van der Waals surface area contributed by atoms with E-state index >= 15 is 0 Å². The molecule has 0 spiro atoms. The minimum Gasteiger partial charge on any atom is -0.468 e. The Balaban J connectivity index is 2.92. The van der Waals surface area contributed by atoms with E-state index in [0.717, 1.165) is 11.1 Å². The molecular formula is C13H18N4O3. The van der Waals surface area contributed by atoms with Crippen LogP contribution < -0.4 is 5.32 Å². The molecule has 1 aromatic carbocycles. The Labute approximate surface area is 117 Å². The first-order valence-corrected chi connectivity index (χ1v) is 6.13. The molecule has 108 valence electrons. The molecule has 1 atom stereocenters. The summed E-state index contributed by atoms with van der Waals surface area (Å²) in [4.78, 5) is 14.6. The maximum Gasteiger partial charge on any atom is 0.327 e. The highest BCUT2D eigenvalue weighted by Gasteiger charge is 2.22. The topological polar surface area (TPSA) is 96.3 Å². The summed E-state index contributed by atoms with van der Waals surface area (Å²) in [5, 5.41) is 6.45. The summed E-state index contributed by atoms with van der Waals surface area (Å²) in [5.74, 6) is -0.394. The van der Waals surface area contributed by atoms with E-state index in [1.165, 1.54) is 7.11 Å². The first-order valence-electron chi connectivity index (χ1n) is 6.13. The Morgan fingerprint density at radius 3 is 2.85 bits per heavy atom. The third-order valence-electron chi connectivity index (χ3n) is 2.73. The number of azide groups is 1. The van der Waals surface area contributed by atoms with Gasteiger partial charge in [-0.3, -0.25) is 0 Å². The lowest BCUT2D eigenvalue weighted by molar-refractivity contribution is -0.143. The quantitative estimate of drug-likeness (QED) is 0.258. The van der Waals surface area contributed by atoms with Crippen molar-refractivity contribution in [3.05, 3.63) is 45.8 Å². The predicted molar refractivity (Wildman–Crippen MR) is 73.9 cm³/mol. The van der Waals surface area contributed by atoms with Crippen LogP contribution in [0.25, 0.3) is 10.4 Å². The van der Waals surface area contributed by atoms with Gasteiger partial charge in [0.05, 0.1) is 13.7 Å². The van der Waals surface area contributed by atoms with Gasteiger partial charge in [-0.25, -0.2) is 4.79 Å². The first kappa shape index (κ1) is 16.0. The van der Waals surface area contributed by atoms with Gasteiger partial charge in [-0.15, -0.1) is 0 Å². The molecule has 7 nitrogen and oxygen atoms in total. The molecule has 0 saturated carbocycles. The summed E-state index contributed by atoms with van der Waals surface area (Å²) in [5.41, 5.74) is 9.94. The molecule has 0 aliphatic carbocycles. The molecule has 1 N–H and O–H groups in total. The molecule has 0 aliphatic rings. The molecule has 1 aromatic rings. The number of hydrogen-bond acceptors (Lipinski definition) is 5. The number of benzene rings is 1. The highest BCUT2D eigenvalue weighted by molar-refractivity contribution is 5.78. The number of carbonyl (C=O) groups excluding carboxylic acids is 1. The van der Waals surface area contributed by atoms with Crippen LogP contribution in [0, 0.1) is 0 Å². The molecule has 0 amide bonds. The van der Waals surface area contributed by atoms with Crippen molar-refractivity contribution >= 4 is 5.97 Å². The Kier molecular flexibility index (Phi) is 7.13. The van der Waals surface area contributed by atoms with Crippen LogP contribution in [0.4, 0.5) is 0 Å². The molecule has 0 aromatic heterocycles. The van der Waals surface area contributed by atoms with Gasteiger partial charge in [0.15, 0.2) is 0 Å². The van der Waals surface area contributed by atoms with E-state index in [1.54, 1.807) is 7.11 Å². The number of carbonyl (C=O) groups is 1. The van der Waals surface area contributed by atoms with Crippen molar-refractivity contribution in [3.8, 4) is 0 Å². The Morgan fingerprint density at radius 1 is 1.45 bits per heavy atom. The van der Waals surface area contributed by atoms with Crippen molar-refractivity contribution in [2.24, 2.45) is 5.11 Å². The molecule has 1 unspecified atom stereocenters. The lowest BCUT2D eigenvalue weighted by Gasteiger charge is -2.19. The van der Waals surface area contributed by atoms with Crippen LogP contribution in [0.3, 0.4) is 0 Å². The van der Waals surface area contributed by atoms with Crippen LogP contribution in [0.5, 0.6) is 0 Å². The summed E-state index contributed by atoms with van der Waals surface area (Å²) in [6.45, 7) is 1.04. The number of nitrogens with one attached hydrogen (secondary N) is 1. The molecule has 0 heterocycles. The lowest BCUT2D eigenvalue weighted by Crippen LogP contribution is -2.32. The molecule has 7 heteroatoms. The van der Waals surface area contributed by atoms with Crippen LogP contribution in [-0.4, -0.2) is 33.3 Å². The van der Waals surface area contributed by atoms with Crippen molar-refractivity contribution in [3.63, 3.8) is 0 Å². The second-order valence-electron chi connectivity index (χ2n) is 4.00. The van der Waals surface area contributed by atoms with Gasteiger partial charge in [0.2, 0.25) is 0 Å². The number of methoxy groups -OCH3 is 2. The fraction of sp³-hybridized carbons (Fsp3) is 0.462. The maximum atomic E-state index is 11.9. The van der Waals surface area contributed by atoms with Crippen LogP contribution in [0.1, 0.15) is 17.2 Å². The molecule has 0 fully saturated rings. The van der Waals surface area contributed by atoms with Gasteiger partial charge in [0.25, 0.3) is 0 Å². The smallest absolute Gasteiger partial charge is 0.327 e. The zero-order valence-corrected chi connectivity index (χ0v) is 11.6. The fourth-order valence-electron chi connectivity index (χ4n) is 1.84. The monoisotopic (exact) mass is 278 g/mol. The molecular weight excluding hydrogens is 260 g/mol. The number of ether oxygens (including phenoxy) is 2. The van der Waals surface area contributed by atoms with Crippen molar-refractivity contribution in [1.29, 1.82) is 0 Å². The van der Waals surface area contributed by atoms with Crippen LogP contribution in [0.15, 0.2) is 29.4 Å². The van der Waals surface area contributed by atoms with E-state index in [2.05, 4.69) is 15.3 Å². The van der Waals surface area contributed by atoms with Gasteiger partial charge in [0.1, 0.15) is 6.04 Å². The van der Waals surface area contributed by atoms with Gasteiger partial charge in [-0.2, -0.15) is 0 Å². The van der Waals surface area contributed by atoms with Crippen LogP contribution in [-0.2, 0) is 20.9 Å². The lowest BCUT2D eigenvalue weighted by atomic mass is 10.0. The number of hydrogen-bond donors (Lipinski definition) is 1. The fourth-order valence-corrected chi connectivity index (χ4v) is 1.84. The van der Waals surface area contributed by atoms with E-state index in [1.807, 2.05) is 24.3 Å². The van der Waals surface area contributed by atoms with E-state index < -0.39 is 12.0 Å². The average Bonchev–Trinajstić information content (AvgIpc) is 2.48. The summed E-state index contributed by atoms with van der Waals surface area (Å²) >= 11 is 0. The Bertz CT molecular complexity index is 486. The molecule has 0 saturated heterocycles. The maximum absolute atomic E-state index is 11.9. The highest BCUT2D eigenvalue weighted by atomic mass is 16.5. The van der Waals surface area contributed by atoms with Crippen molar-refractivity contribution < 1.29 is 14.3 Å². The third kappa shape index (κ3) is 4.55. The second-order valence-corrected chi connectivity index (χ2v) is 4.00. The normalized spacial score (nSPS) is 11.5. The van der Waals surface area contributed by atoms with Crippen molar-refractivity contribution in [2.75, 3.05) is 27.3 Å². The summed E-state index contributed by atoms with van der Waals surface area (Å²) in [7, 11) is 2.93. The SMILES string of the molecule is COCc1ccccc1C(NCCN=[N+]=[N-])C(=O)OC. The molecule has 0 bridgehead atoms. The highest BCUT2D eigenvalue weighted by Crippen LogP contribution is 2.20. The molecule has 1 rings (SSSR count). The Morgan fingerprint density at radius 2 is 2.20 bits per heavy atom. The minimum absolute atomic E-state index is 0.260. The van der Waals surface area contributed by atoms with Crippen molar-refractivity contribution in [1.82, 2.24) is 5.32 Å². The Hall–Kier alpha value is -2.08. The van der Waals surface area contributed by atoms with Gasteiger partial charge >= 0.3 is 5.97 Å². The standard InChI is InChI=1S/C13H18N4O3/c1-19-9-10-5-3-4-6-11(10)12(13(18)20-2)15-7-8-16-17-14/h3-6,12,15H,7-9H2,1-2H3. The van der Waals surface area contributed by atoms with Gasteiger partial charge < -0.3 is 14.8 Å². The van der Waals surface area contributed by atoms with Gasteiger partial charge in [0, 0.05) is 25.1 Å². The second kappa shape index (κ2) is 8.92. The third-order valence-corrected chi connectivity index (χ3v) is 2.73. The summed E-state index contributed by atoms with van der Waals surface area (Å²) in [6, 6.07) is 6.85. The molecule has 0 radical (unpaired) electrons. The zero-order chi connectivity index (χ0) is 14.8. The largest absolute Gasteiger partial charge is 0.468 e. The van der Waals surface area contributed by atoms with Crippen LogP contribution in [0.2, 0.25) is 0 Å². The van der Waals surface area contributed by atoms with E-state index in [-0.39, 0.29) is 6.54 Å². The summed E-state index contributed by atoms with van der Waals surface area (Å²) in [6.07, 6.45) is 0. The number of nitrogens with zero attached hydrogens (tertiary/aromatic N) is 3. The molecule has 0 aliphatic heterocycles. The average molecular weight is 278 g/mol.